The fraction of sp³-hybridized carbons (Fsp3) is 0.200. The molecule has 0 amide bonds. The Balaban J connectivity index is 0.000000360. The summed E-state index contributed by atoms with van der Waals surface area (Å²) in [6, 6.07) is 0. The van der Waals surface area contributed by atoms with E-state index < -0.39 is 0 Å². The Morgan fingerprint density at radius 3 is 1.86 bits per heavy atom. The van der Waals surface area contributed by atoms with Crippen molar-refractivity contribution in [3.05, 3.63) is 24.6 Å². The summed E-state index contributed by atoms with van der Waals surface area (Å²) in [5, 5.41) is 2.92. The molecule has 0 bridgehead atoms. The van der Waals surface area contributed by atoms with Gasteiger partial charge in [-0.3, -0.25) is 0 Å². The third kappa shape index (κ3) is 3.15. The first-order valence-corrected chi connectivity index (χ1v) is 2.06. The van der Waals surface area contributed by atoms with E-state index in [0.717, 1.165) is 6.42 Å². The average molecular weight is 121 g/mol. The molecule has 1 aliphatic rings. The minimum atomic E-state index is 0. The van der Waals surface area contributed by atoms with Crippen LogP contribution in [0.1, 0.15) is 6.42 Å². The Kier molecular flexibility index (Phi) is 5.05. The number of nitrogens with one attached hydrogen (secondary N) is 1. The van der Waals surface area contributed by atoms with Gasteiger partial charge in [0.1, 0.15) is 0 Å². The molecule has 0 aromatic rings. The molecule has 0 aromatic carbocycles. The quantitative estimate of drug-likeness (QED) is 0.463. The predicted octanol–water partition coefficient (Wildman–Crippen LogP) is 0.626. The van der Waals surface area contributed by atoms with Gasteiger partial charge in [0.2, 0.25) is 0 Å². The minimum Gasteiger partial charge on any atom is -0.368 e. The summed E-state index contributed by atoms with van der Waals surface area (Å²) in [4.78, 5) is 0. The number of rotatable bonds is 0. The van der Waals surface area contributed by atoms with Crippen molar-refractivity contribution in [3.63, 3.8) is 0 Å². The zero-order valence-corrected chi connectivity index (χ0v) is 6.43. The monoisotopic (exact) mass is 121 g/mol. The Morgan fingerprint density at radius 1 is 1.14 bits per heavy atom. The van der Waals surface area contributed by atoms with Gasteiger partial charge in [0, 0.05) is 37.7 Å². The fourth-order valence-electron chi connectivity index (χ4n) is 0.406. The van der Waals surface area contributed by atoms with Crippen LogP contribution in [0.3, 0.4) is 0 Å². The molecule has 2 heteroatoms. The van der Waals surface area contributed by atoms with E-state index in [4.69, 9.17) is 0 Å². The van der Waals surface area contributed by atoms with Gasteiger partial charge in [-0.25, -0.2) is 0 Å². The molecule has 0 saturated carbocycles. The maximum absolute atomic E-state index is 2.92. The summed E-state index contributed by atoms with van der Waals surface area (Å²) in [6.07, 6.45) is 9.08. The van der Waals surface area contributed by atoms with Crippen molar-refractivity contribution in [2.24, 2.45) is 0 Å². The first kappa shape index (κ1) is 7.54. The zero-order valence-electron chi connectivity index (χ0n) is 4.22. The third-order valence-electron chi connectivity index (χ3n) is 0.700. The van der Waals surface area contributed by atoms with Crippen molar-refractivity contribution in [1.82, 2.24) is 5.32 Å². The molecule has 0 saturated heterocycles. The molecule has 0 spiro atoms. The van der Waals surface area contributed by atoms with Gasteiger partial charge in [-0.1, -0.05) is 12.2 Å². The van der Waals surface area contributed by atoms with Crippen LogP contribution in [0.2, 0.25) is 0 Å². The van der Waals surface area contributed by atoms with Crippen LogP contribution in [0, 0.1) is 0 Å². The van der Waals surface area contributed by atoms with Gasteiger partial charge in [0.15, 0.2) is 0 Å². The molecule has 0 unspecified atom stereocenters. The van der Waals surface area contributed by atoms with E-state index in [2.05, 4.69) is 17.5 Å². The van der Waals surface area contributed by atoms with Gasteiger partial charge in [-0.15, -0.1) is 0 Å². The van der Waals surface area contributed by atoms with Crippen molar-refractivity contribution in [1.29, 1.82) is 0 Å². The molecule has 1 nitrogen and oxygen atoms in total. The van der Waals surface area contributed by atoms with Crippen LogP contribution in [0.25, 0.3) is 0 Å². The van der Waals surface area contributed by atoms with Crippen molar-refractivity contribution >= 4 is 37.7 Å². The molecule has 0 aliphatic carbocycles. The van der Waals surface area contributed by atoms with Gasteiger partial charge in [0.05, 0.1) is 0 Å². The summed E-state index contributed by atoms with van der Waals surface area (Å²) in [5.74, 6) is 0. The number of hydrogen-bond donors (Lipinski definition) is 1. The normalized spacial score (nSPS) is 14.9. The Hall–Kier alpha value is 0.540. The molecule has 2 radical (unpaired) electrons. The molecule has 7 heavy (non-hydrogen) atoms. The molecule has 0 aromatic heterocycles. The molecule has 34 valence electrons. The topological polar surface area (TPSA) is 12.0 Å². The van der Waals surface area contributed by atoms with E-state index in [1.807, 2.05) is 12.4 Å². The van der Waals surface area contributed by atoms with E-state index in [1.54, 1.807) is 0 Å². The maximum atomic E-state index is 2.92. The standard InChI is InChI=1S/C5H7N.Ca/c1-2-4-6-5-3-1;/h2-6H,1H2;. The molecule has 1 aliphatic heterocycles. The van der Waals surface area contributed by atoms with Crippen molar-refractivity contribution in [3.8, 4) is 0 Å². The van der Waals surface area contributed by atoms with Crippen molar-refractivity contribution < 1.29 is 0 Å². The minimum absolute atomic E-state index is 0. The second-order valence-electron chi connectivity index (χ2n) is 1.21. The Bertz CT molecular complexity index is 66.1. The second-order valence-corrected chi connectivity index (χ2v) is 1.21. The van der Waals surface area contributed by atoms with E-state index in [9.17, 15) is 0 Å². The Labute approximate surface area is 73.5 Å². The van der Waals surface area contributed by atoms with Crippen LogP contribution >= 0.6 is 0 Å². The SMILES string of the molecule is C1=CNC=CC1.[Ca]. The van der Waals surface area contributed by atoms with Crippen LogP contribution in [-0.2, 0) is 0 Å². The van der Waals surface area contributed by atoms with Crippen LogP contribution in [0.15, 0.2) is 24.6 Å². The van der Waals surface area contributed by atoms with Crippen molar-refractivity contribution in [2.75, 3.05) is 0 Å². The molecule has 1 heterocycles. The molecular weight excluding hydrogens is 114 g/mol. The van der Waals surface area contributed by atoms with E-state index >= 15 is 0 Å². The van der Waals surface area contributed by atoms with E-state index in [1.165, 1.54) is 0 Å². The van der Waals surface area contributed by atoms with E-state index in [-0.39, 0.29) is 37.7 Å². The first-order chi connectivity index (χ1) is 3.00. The van der Waals surface area contributed by atoms with E-state index in [0.29, 0.717) is 0 Å². The van der Waals surface area contributed by atoms with Crippen LogP contribution in [0.5, 0.6) is 0 Å². The third-order valence-corrected chi connectivity index (χ3v) is 0.700. The molecular formula is C5H7CaN. The zero-order chi connectivity index (χ0) is 4.24. The summed E-state index contributed by atoms with van der Waals surface area (Å²) in [5.41, 5.74) is 0. The summed E-state index contributed by atoms with van der Waals surface area (Å²) in [7, 11) is 0. The van der Waals surface area contributed by atoms with Gasteiger partial charge < -0.3 is 5.32 Å². The molecule has 1 N–H and O–H groups in total. The van der Waals surface area contributed by atoms with Gasteiger partial charge in [-0.2, -0.15) is 0 Å². The van der Waals surface area contributed by atoms with Crippen LogP contribution in [0.4, 0.5) is 0 Å². The first-order valence-electron chi connectivity index (χ1n) is 2.06. The van der Waals surface area contributed by atoms with Crippen molar-refractivity contribution in [2.45, 2.75) is 6.42 Å². The number of hydrogen-bond acceptors (Lipinski definition) is 1. The average Bonchev–Trinajstić information content (AvgIpc) is 1.72. The maximum Gasteiger partial charge on any atom is 0 e. The smallest absolute Gasteiger partial charge is 0 e. The van der Waals surface area contributed by atoms with Gasteiger partial charge in [0.25, 0.3) is 0 Å². The molecule has 0 fully saturated rings. The molecule has 1 rings (SSSR count). The summed E-state index contributed by atoms with van der Waals surface area (Å²) in [6.45, 7) is 0. The van der Waals surface area contributed by atoms with Gasteiger partial charge in [-0.05, 0) is 18.8 Å². The number of dihydropyridines is 1. The largest absolute Gasteiger partial charge is 0.368 e. The summed E-state index contributed by atoms with van der Waals surface area (Å²) < 4.78 is 0. The fourth-order valence-corrected chi connectivity index (χ4v) is 0.406. The second kappa shape index (κ2) is 4.69. The van der Waals surface area contributed by atoms with Gasteiger partial charge >= 0.3 is 0 Å². The predicted molar refractivity (Wildman–Crippen MR) is 31.8 cm³/mol. The Morgan fingerprint density at radius 2 is 1.71 bits per heavy atom. The molecule has 0 atom stereocenters. The number of allylic oxidation sites excluding steroid dienone is 2. The van der Waals surface area contributed by atoms with Crippen LogP contribution in [-0.4, -0.2) is 37.7 Å². The van der Waals surface area contributed by atoms with Crippen LogP contribution < -0.4 is 5.32 Å². The summed E-state index contributed by atoms with van der Waals surface area (Å²) >= 11 is 0.